The summed E-state index contributed by atoms with van der Waals surface area (Å²) in [6, 6.07) is 8.86. The molecule has 2 aliphatic heterocycles. The maximum absolute atomic E-state index is 12.5. The number of rotatable bonds is 2. The number of carbonyl (C=O) groups is 1. The maximum atomic E-state index is 12.5. The van der Waals surface area contributed by atoms with E-state index < -0.39 is 0 Å². The Hall–Kier alpha value is -1.35. The second-order valence-corrected chi connectivity index (χ2v) is 6.09. The first-order chi connectivity index (χ1) is 9.75. The summed E-state index contributed by atoms with van der Waals surface area (Å²) in [4.78, 5) is 16.9. The van der Waals surface area contributed by atoms with E-state index in [1.165, 1.54) is 30.4 Å². The molecule has 1 unspecified atom stereocenters. The van der Waals surface area contributed by atoms with Crippen LogP contribution in [0.5, 0.6) is 0 Å². The second-order valence-electron chi connectivity index (χ2n) is 6.09. The normalized spacial score (nSPS) is 23.4. The van der Waals surface area contributed by atoms with Crippen molar-refractivity contribution in [2.45, 2.75) is 38.1 Å². The third-order valence-electron chi connectivity index (χ3n) is 4.76. The fourth-order valence-corrected chi connectivity index (χ4v) is 3.48. The highest BCUT2D eigenvalue weighted by Crippen LogP contribution is 2.31. The molecule has 2 aliphatic rings. The average molecular weight is 272 g/mol. The molecule has 0 spiro atoms. The van der Waals surface area contributed by atoms with Crippen molar-refractivity contribution in [2.24, 2.45) is 0 Å². The van der Waals surface area contributed by atoms with Gasteiger partial charge in [-0.2, -0.15) is 0 Å². The number of likely N-dealkylation sites (N-methyl/N-ethyl adjacent to an activating group) is 1. The number of likely N-dealkylation sites (tertiary alicyclic amines) is 1. The third kappa shape index (κ3) is 2.73. The second kappa shape index (κ2) is 5.96. The van der Waals surface area contributed by atoms with Crippen LogP contribution in [0.3, 0.4) is 0 Å². The lowest BCUT2D eigenvalue weighted by molar-refractivity contribution is -0.133. The van der Waals surface area contributed by atoms with E-state index in [9.17, 15) is 4.79 Å². The molecule has 0 N–H and O–H groups in total. The Morgan fingerprint density at radius 2 is 1.90 bits per heavy atom. The molecule has 1 amide bonds. The van der Waals surface area contributed by atoms with Gasteiger partial charge in [0.25, 0.3) is 0 Å². The molecule has 0 aromatic heterocycles. The van der Waals surface area contributed by atoms with Crippen molar-refractivity contribution in [3.8, 4) is 0 Å². The summed E-state index contributed by atoms with van der Waals surface area (Å²) in [7, 11) is 2.14. The number of piperidine rings is 1. The largest absolute Gasteiger partial charge is 0.343 e. The monoisotopic (exact) mass is 272 g/mol. The molecule has 1 aromatic rings. The molecule has 2 heterocycles. The zero-order valence-corrected chi connectivity index (χ0v) is 12.3. The molecular weight excluding hydrogens is 248 g/mol. The first-order valence-electron chi connectivity index (χ1n) is 7.81. The fourth-order valence-electron chi connectivity index (χ4n) is 3.48. The van der Waals surface area contributed by atoms with Gasteiger partial charge in [0, 0.05) is 32.1 Å². The van der Waals surface area contributed by atoms with E-state index >= 15 is 0 Å². The van der Waals surface area contributed by atoms with Crippen LogP contribution < -0.4 is 0 Å². The number of hydrogen-bond donors (Lipinski definition) is 0. The molecule has 3 rings (SSSR count). The lowest BCUT2D eigenvalue weighted by Crippen LogP contribution is -2.40. The third-order valence-corrected chi connectivity index (χ3v) is 4.76. The Labute approximate surface area is 121 Å². The molecule has 1 aromatic carbocycles. The highest BCUT2D eigenvalue weighted by atomic mass is 16.2. The van der Waals surface area contributed by atoms with E-state index in [1.54, 1.807) is 0 Å². The summed E-state index contributed by atoms with van der Waals surface area (Å²) in [6.07, 6.45) is 5.34. The summed E-state index contributed by atoms with van der Waals surface area (Å²) < 4.78 is 0. The van der Waals surface area contributed by atoms with Crippen molar-refractivity contribution in [1.82, 2.24) is 9.80 Å². The summed E-state index contributed by atoms with van der Waals surface area (Å²) in [5.74, 6) is 0.332. The Morgan fingerprint density at radius 3 is 2.70 bits per heavy atom. The van der Waals surface area contributed by atoms with E-state index in [0.717, 1.165) is 26.1 Å². The minimum Gasteiger partial charge on any atom is -0.343 e. The van der Waals surface area contributed by atoms with Gasteiger partial charge in [0.05, 0.1) is 0 Å². The van der Waals surface area contributed by atoms with Gasteiger partial charge in [0.2, 0.25) is 5.91 Å². The van der Waals surface area contributed by atoms with Crippen LogP contribution in [-0.2, 0) is 11.2 Å². The summed E-state index contributed by atoms with van der Waals surface area (Å²) in [6.45, 7) is 2.96. The molecule has 3 heteroatoms. The molecular formula is C17H24N2O. The van der Waals surface area contributed by atoms with Crippen molar-refractivity contribution < 1.29 is 4.79 Å². The van der Waals surface area contributed by atoms with Crippen molar-refractivity contribution >= 4 is 5.91 Å². The topological polar surface area (TPSA) is 23.6 Å². The van der Waals surface area contributed by atoms with Gasteiger partial charge in [-0.1, -0.05) is 24.3 Å². The van der Waals surface area contributed by atoms with Crippen LogP contribution in [0.4, 0.5) is 0 Å². The van der Waals surface area contributed by atoms with Crippen LogP contribution >= 0.6 is 0 Å². The summed E-state index contributed by atoms with van der Waals surface area (Å²) >= 11 is 0. The first kappa shape index (κ1) is 13.6. The van der Waals surface area contributed by atoms with E-state index in [1.807, 2.05) is 0 Å². The van der Waals surface area contributed by atoms with Crippen LogP contribution in [0, 0.1) is 0 Å². The van der Waals surface area contributed by atoms with E-state index in [2.05, 4.69) is 41.1 Å². The molecule has 20 heavy (non-hydrogen) atoms. The standard InChI is InChI=1S/C17H24N2O/c1-18-12-9-14-7-3-4-8-15(14)16(18)13-17(20)19-10-5-2-6-11-19/h3-4,7-8,16H,2,5-6,9-13H2,1H3. The summed E-state index contributed by atoms with van der Waals surface area (Å²) in [5, 5.41) is 0. The van der Waals surface area contributed by atoms with Gasteiger partial charge in [-0.05, 0) is 43.9 Å². The lowest BCUT2D eigenvalue weighted by Gasteiger charge is -2.36. The van der Waals surface area contributed by atoms with Gasteiger partial charge in [0.15, 0.2) is 0 Å². The predicted octanol–water partition coefficient (Wildman–Crippen LogP) is 2.62. The number of hydrogen-bond acceptors (Lipinski definition) is 2. The molecule has 0 radical (unpaired) electrons. The van der Waals surface area contributed by atoms with Gasteiger partial charge in [-0.25, -0.2) is 0 Å². The van der Waals surface area contributed by atoms with E-state index in [0.29, 0.717) is 12.3 Å². The fraction of sp³-hybridized carbons (Fsp3) is 0.588. The Kier molecular flexibility index (Phi) is 4.06. The van der Waals surface area contributed by atoms with Gasteiger partial charge in [-0.15, -0.1) is 0 Å². The molecule has 1 saturated heterocycles. The van der Waals surface area contributed by atoms with Gasteiger partial charge in [-0.3, -0.25) is 9.69 Å². The Bertz CT molecular complexity index is 480. The highest BCUT2D eigenvalue weighted by Gasteiger charge is 2.28. The van der Waals surface area contributed by atoms with E-state index in [4.69, 9.17) is 0 Å². The zero-order chi connectivity index (χ0) is 13.9. The average Bonchev–Trinajstić information content (AvgIpc) is 2.51. The van der Waals surface area contributed by atoms with Crippen LogP contribution in [-0.4, -0.2) is 42.4 Å². The minimum atomic E-state index is 0.259. The zero-order valence-electron chi connectivity index (χ0n) is 12.3. The number of fused-ring (bicyclic) bond motifs is 1. The lowest BCUT2D eigenvalue weighted by atomic mass is 9.90. The molecule has 1 atom stereocenters. The molecule has 3 nitrogen and oxygen atoms in total. The minimum absolute atomic E-state index is 0.259. The first-order valence-corrected chi connectivity index (χ1v) is 7.81. The van der Waals surface area contributed by atoms with Gasteiger partial charge >= 0.3 is 0 Å². The summed E-state index contributed by atoms with van der Waals surface area (Å²) in [5.41, 5.74) is 2.77. The van der Waals surface area contributed by atoms with Crippen molar-refractivity contribution in [3.05, 3.63) is 35.4 Å². The number of nitrogens with zero attached hydrogens (tertiary/aromatic N) is 2. The van der Waals surface area contributed by atoms with Crippen molar-refractivity contribution in [1.29, 1.82) is 0 Å². The molecule has 108 valence electrons. The Morgan fingerprint density at radius 1 is 1.15 bits per heavy atom. The molecule has 0 saturated carbocycles. The van der Waals surface area contributed by atoms with E-state index in [-0.39, 0.29) is 6.04 Å². The van der Waals surface area contributed by atoms with Crippen LogP contribution in [0.25, 0.3) is 0 Å². The van der Waals surface area contributed by atoms with Crippen LogP contribution in [0.15, 0.2) is 24.3 Å². The molecule has 0 bridgehead atoms. The number of amides is 1. The van der Waals surface area contributed by atoms with Gasteiger partial charge in [0.1, 0.15) is 0 Å². The van der Waals surface area contributed by atoms with Crippen molar-refractivity contribution in [3.63, 3.8) is 0 Å². The quantitative estimate of drug-likeness (QED) is 0.826. The predicted molar refractivity (Wildman–Crippen MR) is 80.6 cm³/mol. The molecule has 0 aliphatic carbocycles. The highest BCUT2D eigenvalue weighted by molar-refractivity contribution is 5.77. The SMILES string of the molecule is CN1CCc2ccccc2C1CC(=O)N1CCCCC1. The molecule has 1 fully saturated rings. The van der Waals surface area contributed by atoms with Crippen LogP contribution in [0.2, 0.25) is 0 Å². The van der Waals surface area contributed by atoms with Gasteiger partial charge < -0.3 is 4.90 Å². The van der Waals surface area contributed by atoms with Crippen molar-refractivity contribution in [2.75, 3.05) is 26.7 Å². The van der Waals surface area contributed by atoms with Crippen LogP contribution in [0.1, 0.15) is 42.9 Å². The number of carbonyl (C=O) groups excluding carboxylic acids is 1. The maximum Gasteiger partial charge on any atom is 0.224 e. The smallest absolute Gasteiger partial charge is 0.224 e. The Balaban J connectivity index is 1.74. The number of benzene rings is 1.